The van der Waals surface area contributed by atoms with Crippen molar-refractivity contribution in [3.05, 3.63) is 63.4 Å². The van der Waals surface area contributed by atoms with Gasteiger partial charge in [-0.1, -0.05) is 45.9 Å². The van der Waals surface area contributed by atoms with Crippen LogP contribution in [-0.2, 0) is 23.4 Å². The van der Waals surface area contributed by atoms with E-state index in [2.05, 4.69) is 10.1 Å². The van der Waals surface area contributed by atoms with Gasteiger partial charge in [-0.25, -0.2) is 9.36 Å². The lowest BCUT2D eigenvalue weighted by molar-refractivity contribution is -0.148. The summed E-state index contributed by atoms with van der Waals surface area (Å²) in [5.41, 5.74) is -1.51. The van der Waals surface area contributed by atoms with Crippen molar-refractivity contribution < 1.29 is 33.0 Å². The molecule has 0 spiro atoms. The number of benzene rings is 1. The minimum atomic E-state index is -4.18. The van der Waals surface area contributed by atoms with Crippen molar-refractivity contribution in [2.45, 2.75) is 59.1 Å². The lowest BCUT2D eigenvalue weighted by Crippen LogP contribution is -2.37. The van der Waals surface area contributed by atoms with Gasteiger partial charge in [-0.2, -0.15) is 5.09 Å². The van der Waals surface area contributed by atoms with Gasteiger partial charge in [0.15, 0.2) is 0 Å². The van der Waals surface area contributed by atoms with E-state index < -0.39 is 55.4 Å². The van der Waals surface area contributed by atoms with Crippen molar-refractivity contribution >= 4 is 13.7 Å². The highest BCUT2D eigenvalue weighted by Gasteiger charge is 2.44. The third-order valence-corrected chi connectivity index (χ3v) is 7.18. The second-order valence-electron chi connectivity index (χ2n) is 10.1. The van der Waals surface area contributed by atoms with Crippen molar-refractivity contribution in [2.24, 2.45) is 11.3 Å². The predicted octanol–water partition coefficient (Wildman–Crippen LogP) is 2.20. The third kappa shape index (κ3) is 7.86. The molecule has 1 saturated heterocycles. The number of nitrogens with zero attached hydrogens (tertiary/aromatic N) is 1. The van der Waals surface area contributed by atoms with Crippen LogP contribution >= 0.6 is 7.75 Å². The van der Waals surface area contributed by atoms with Crippen molar-refractivity contribution in [3.63, 3.8) is 0 Å². The molecule has 3 N–H and O–H groups in total. The van der Waals surface area contributed by atoms with Gasteiger partial charge in [0.1, 0.15) is 24.1 Å². The van der Waals surface area contributed by atoms with Crippen molar-refractivity contribution in [2.75, 3.05) is 13.2 Å². The Balaban J connectivity index is 1.74. The van der Waals surface area contributed by atoms with E-state index in [0.717, 1.165) is 4.57 Å². The number of carbonyl (C=O) groups excluding carboxylic acids is 1. The highest BCUT2D eigenvalue weighted by Crippen LogP contribution is 2.46. The second-order valence-corrected chi connectivity index (χ2v) is 11.8. The van der Waals surface area contributed by atoms with Crippen molar-refractivity contribution in [1.82, 2.24) is 14.6 Å². The van der Waals surface area contributed by atoms with Gasteiger partial charge >= 0.3 is 19.4 Å². The molecular formula is C24H34N3O9P. The Morgan fingerprint density at radius 2 is 1.92 bits per heavy atom. The Morgan fingerprint density at radius 1 is 1.24 bits per heavy atom. The Hall–Kier alpha value is -2.76. The van der Waals surface area contributed by atoms with E-state index in [9.17, 15) is 24.1 Å². The molecule has 2 aromatic rings. The van der Waals surface area contributed by atoms with E-state index in [1.807, 2.05) is 20.8 Å². The highest BCUT2D eigenvalue weighted by molar-refractivity contribution is 7.52. The van der Waals surface area contributed by atoms with E-state index in [4.69, 9.17) is 18.5 Å². The molecule has 13 heteroatoms. The first kappa shape index (κ1) is 28.8. The molecule has 0 aliphatic carbocycles. The molecular weight excluding hydrogens is 505 g/mol. The van der Waals surface area contributed by atoms with Crippen LogP contribution in [0.4, 0.5) is 0 Å². The Labute approximate surface area is 214 Å². The van der Waals surface area contributed by atoms with Crippen LogP contribution < -0.4 is 20.9 Å². The average Bonchev–Trinajstić information content (AvgIpc) is 3.10. The van der Waals surface area contributed by atoms with Crippen LogP contribution in [0, 0.1) is 11.3 Å². The Bertz CT molecular complexity index is 1220. The molecule has 0 amide bonds. The summed E-state index contributed by atoms with van der Waals surface area (Å²) in [5.74, 6) is -0.975. The fraction of sp³-hybridized carbons (Fsp3) is 0.542. The molecule has 3 rings (SSSR count). The molecule has 37 heavy (non-hydrogen) atoms. The quantitative estimate of drug-likeness (QED) is 0.302. The molecule has 0 radical (unpaired) electrons. The maximum absolute atomic E-state index is 13.7. The van der Waals surface area contributed by atoms with Crippen molar-refractivity contribution in [1.29, 1.82) is 0 Å². The van der Waals surface area contributed by atoms with Gasteiger partial charge in [-0.3, -0.25) is 23.7 Å². The standard InChI is InChI=1S/C24H34N3O9P/c1-15-20(29)18(35-21(15)27-12-11-19(28)25-23(27)31)13-34-37(32,36-17-9-7-6-8-10-17)26-16(2)22(30)33-14-24(3,4)5/h6-12,15-16,18,20-21,29H,13-14H2,1-5H3,(H,26,32)(H,25,28,31). The molecule has 12 nitrogen and oxygen atoms in total. The van der Waals surface area contributed by atoms with Gasteiger partial charge in [0.25, 0.3) is 5.56 Å². The number of para-hydroxylation sites is 1. The first-order valence-corrected chi connectivity index (χ1v) is 13.4. The van der Waals surface area contributed by atoms with Gasteiger partial charge in [0.05, 0.1) is 19.3 Å². The van der Waals surface area contributed by atoms with Gasteiger partial charge in [0.2, 0.25) is 0 Å². The van der Waals surface area contributed by atoms with Gasteiger partial charge in [-0.05, 0) is 24.5 Å². The molecule has 1 fully saturated rings. The van der Waals surface area contributed by atoms with E-state index in [1.165, 1.54) is 19.2 Å². The summed E-state index contributed by atoms with van der Waals surface area (Å²) in [5, 5.41) is 13.3. The fourth-order valence-corrected chi connectivity index (χ4v) is 5.06. The van der Waals surface area contributed by atoms with Crippen molar-refractivity contribution in [3.8, 4) is 5.75 Å². The third-order valence-electron chi connectivity index (χ3n) is 5.54. The zero-order valence-electron chi connectivity index (χ0n) is 21.5. The molecule has 2 heterocycles. The number of aromatic nitrogens is 2. The number of aliphatic hydroxyl groups is 1. The van der Waals surface area contributed by atoms with E-state index in [0.29, 0.717) is 0 Å². The van der Waals surface area contributed by atoms with Crippen LogP contribution in [0.15, 0.2) is 52.2 Å². The van der Waals surface area contributed by atoms with Gasteiger partial charge in [0, 0.05) is 18.2 Å². The van der Waals surface area contributed by atoms with E-state index in [1.54, 1.807) is 37.3 Å². The number of hydrogen-bond donors (Lipinski definition) is 3. The SMILES string of the molecule is CC(NP(=O)(OCC1OC(n2ccc(=O)[nH]c2=O)C(C)C1O)Oc1ccccc1)C(=O)OCC(C)(C)C. The van der Waals surface area contributed by atoms with Crippen LogP contribution in [0.2, 0.25) is 0 Å². The maximum atomic E-state index is 13.7. The summed E-state index contributed by atoms with van der Waals surface area (Å²) >= 11 is 0. The summed E-state index contributed by atoms with van der Waals surface area (Å²) in [6.07, 6.45) is -1.71. The van der Waals surface area contributed by atoms with Crippen LogP contribution in [0.3, 0.4) is 0 Å². The minimum absolute atomic E-state index is 0.161. The molecule has 0 bridgehead atoms. The van der Waals surface area contributed by atoms with Crippen LogP contribution in [-0.4, -0.2) is 52.1 Å². The zero-order valence-corrected chi connectivity index (χ0v) is 22.3. The number of hydrogen-bond acceptors (Lipinski definition) is 9. The average molecular weight is 540 g/mol. The summed E-state index contributed by atoms with van der Waals surface area (Å²) in [4.78, 5) is 38.2. The lowest BCUT2D eigenvalue weighted by atomic mass is 9.99. The number of esters is 1. The van der Waals surface area contributed by atoms with Gasteiger partial charge in [-0.15, -0.1) is 0 Å². The van der Waals surface area contributed by atoms with Crippen LogP contribution in [0.25, 0.3) is 0 Å². The summed E-state index contributed by atoms with van der Waals surface area (Å²) in [6, 6.07) is 8.38. The normalized spacial score (nSPS) is 24.3. The van der Waals surface area contributed by atoms with E-state index in [-0.39, 0.29) is 24.4 Å². The maximum Gasteiger partial charge on any atom is 0.459 e. The molecule has 1 aliphatic rings. The molecule has 0 saturated carbocycles. The number of nitrogens with one attached hydrogen (secondary N) is 2. The number of carbonyl (C=O) groups is 1. The number of aliphatic hydroxyl groups excluding tert-OH is 1. The second kappa shape index (κ2) is 11.7. The number of H-pyrrole nitrogens is 1. The Morgan fingerprint density at radius 3 is 2.54 bits per heavy atom. The molecule has 204 valence electrons. The number of aromatic amines is 1. The number of ether oxygens (including phenoxy) is 2. The molecule has 6 unspecified atom stereocenters. The predicted molar refractivity (Wildman–Crippen MR) is 134 cm³/mol. The summed E-state index contributed by atoms with van der Waals surface area (Å²) in [7, 11) is -4.18. The largest absolute Gasteiger partial charge is 0.464 e. The molecule has 1 aromatic carbocycles. The summed E-state index contributed by atoms with van der Waals surface area (Å²) in [6.45, 7) is 8.64. The molecule has 6 atom stereocenters. The smallest absolute Gasteiger partial charge is 0.459 e. The molecule has 1 aliphatic heterocycles. The first-order chi connectivity index (χ1) is 17.3. The Kier molecular flexibility index (Phi) is 9.14. The monoisotopic (exact) mass is 539 g/mol. The molecule has 1 aromatic heterocycles. The summed E-state index contributed by atoms with van der Waals surface area (Å²) < 4.78 is 37.2. The highest BCUT2D eigenvalue weighted by atomic mass is 31.2. The fourth-order valence-electron chi connectivity index (χ4n) is 3.56. The van der Waals surface area contributed by atoms with Crippen LogP contribution in [0.5, 0.6) is 5.75 Å². The van der Waals surface area contributed by atoms with Gasteiger partial charge < -0.3 is 19.1 Å². The van der Waals surface area contributed by atoms with E-state index >= 15 is 0 Å². The minimum Gasteiger partial charge on any atom is -0.464 e. The first-order valence-electron chi connectivity index (χ1n) is 11.9. The number of rotatable bonds is 10. The topological polar surface area (TPSA) is 158 Å². The zero-order chi connectivity index (χ0) is 27.4. The van der Waals surface area contributed by atoms with Crippen LogP contribution in [0.1, 0.15) is 40.8 Å². The lowest BCUT2D eigenvalue weighted by Gasteiger charge is -2.25.